The fourth-order valence-electron chi connectivity index (χ4n) is 2.00. The molecule has 0 fully saturated rings. The molecule has 1 heterocycles. The second-order valence-electron chi connectivity index (χ2n) is 5.22. The van der Waals surface area contributed by atoms with E-state index in [1.807, 2.05) is 0 Å². The Labute approximate surface area is 154 Å². The van der Waals surface area contributed by atoms with E-state index in [9.17, 15) is 22.4 Å². The summed E-state index contributed by atoms with van der Waals surface area (Å²) < 4.78 is 42.0. The van der Waals surface area contributed by atoms with E-state index in [1.165, 1.54) is 0 Å². The van der Waals surface area contributed by atoms with Crippen molar-refractivity contribution in [3.8, 4) is 0 Å². The molecular formula is C16H17FN2O5S2. The Morgan fingerprint density at radius 1 is 1.27 bits per heavy atom. The van der Waals surface area contributed by atoms with Gasteiger partial charge in [0.25, 0.3) is 0 Å². The number of aromatic nitrogens is 1. The smallest absolute Gasteiger partial charge is 0.350 e. The molecule has 0 aliphatic carbocycles. The number of nitrogens with one attached hydrogen (secondary N) is 1. The largest absolute Gasteiger partial charge is 0.462 e. The zero-order chi connectivity index (χ0) is 19.3. The first-order valence-corrected chi connectivity index (χ1v) is 10.1. The van der Waals surface area contributed by atoms with E-state index in [-0.39, 0.29) is 27.9 Å². The molecule has 0 aliphatic rings. The molecular weight excluding hydrogens is 383 g/mol. The van der Waals surface area contributed by atoms with Gasteiger partial charge in [-0.3, -0.25) is 4.79 Å². The minimum Gasteiger partial charge on any atom is -0.462 e. The van der Waals surface area contributed by atoms with Crippen LogP contribution in [0.3, 0.4) is 0 Å². The second kappa shape index (κ2) is 8.37. The fraction of sp³-hybridized carbons (Fsp3) is 0.312. The number of thiazole rings is 1. The average molecular weight is 400 g/mol. The van der Waals surface area contributed by atoms with Crippen LogP contribution in [0.25, 0.3) is 0 Å². The number of rotatable bonds is 7. The zero-order valence-electron chi connectivity index (χ0n) is 14.1. The Kier molecular flexibility index (Phi) is 6.43. The Morgan fingerprint density at radius 2 is 1.92 bits per heavy atom. The van der Waals surface area contributed by atoms with E-state index in [4.69, 9.17) is 4.74 Å². The van der Waals surface area contributed by atoms with Gasteiger partial charge < -0.3 is 10.1 Å². The molecule has 0 saturated heterocycles. The highest BCUT2D eigenvalue weighted by molar-refractivity contribution is 7.91. The number of halogens is 1. The Balaban J connectivity index is 1.98. The van der Waals surface area contributed by atoms with Crippen LogP contribution in [0.4, 0.5) is 9.52 Å². The molecule has 0 saturated carbocycles. The number of ether oxygens (including phenoxy) is 1. The number of sulfone groups is 1. The molecule has 1 N–H and O–H groups in total. The van der Waals surface area contributed by atoms with Crippen LogP contribution in [0.5, 0.6) is 0 Å². The molecule has 0 aliphatic heterocycles. The molecule has 26 heavy (non-hydrogen) atoms. The summed E-state index contributed by atoms with van der Waals surface area (Å²) in [5, 5.41) is 2.66. The van der Waals surface area contributed by atoms with Crippen molar-refractivity contribution in [2.75, 3.05) is 17.7 Å². The van der Waals surface area contributed by atoms with Crippen LogP contribution in [-0.4, -0.2) is 37.6 Å². The van der Waals surface area contributed by atoms with Crippen molar-refractivity contribution in [1.29, 1.82) is 0 Å². The van der Waals surface area contributed by atoms with Crippen molar-refractivity contribution in [3.05, 3.63) is 40.7 Å². The van der Waals surface area contributed by atoms with Gasteiger partial charge in [-0.25, -0.2) is 22.6 Å². The fourth-order valence-corrected chi connectivity index (χ4v) is 4.12. The van der Waals surface area contributed by atoms with Crippen molar-refractivity contribution in [2.45, 2.75) is 25.2 Å². The monoisotopic (exact) mass is 400 g/mol. The van der Waals surface area contributed by atoms with Crippen LogP contribution >= 0.6 is 11.3 Å². The quantitative estimate of drug-likeness (QED) is 0.566. The topological polar surface area (TPSA) is 102 Å². The van der Waals surface area contributed by atoms with E-state index in [1.54, 1.807) is 13.8 Å². The van der Waals surface area contributed by atoms with Crippen molar-refractivity contribution in [1.82, 2.24) is 4.98 Å². The molecule has 2 rings (SSSR count). The van der Waals surface area contributed by atoms with Gasteiger partial charge in [-0.1, -0.05) is 11.3 Å². The van der Waals surface area contributed by atoms with Gasteiger partial charge in [0.05, 0.1) is 22.9 Å². The minimum atomic E-state index is -3.71. The third-order valence-electron chi connectivity index (χ3n) is 3.27. The first-order chi connectivity index (χ1) is 12.2. The van der Waals surface area contributed by atoms with E-state index in [0.717, 1.165) is 35.6 Å². The molecule has 1 aromatic carbocycles. The molecule has 10 heteroatoms. The number of hydrogen-bond donors (Lipinski definition) is 1. The Hall–Kier alpha value is -2.33. The molecule has 0 unspecified atom stereocenters. The van der Waals surface area contributed by atoms with E-state index >= 15 is 0 Å². The second-order valence-corrected chi connectivity index (χ2v) is 8.33. The maximum atomic E-state index is 12.9. The average Bonchev–Trinajstić information content (AvgIpc) is 2.94. The van der Waals surface area contributed by atoms with Gasteiger partial charge in [0.1, 0.15) is 10.7 Å². The predicted octanol–water partition coefficient (Wildman–Crippen LogP) is 2.57. The van der Waals surface area contributed by atoms with E-state index in [0.29, 0.717) is 5.69 Å². The number of aryl methyl sites for hydroxylation is 1. The summed E-state index contributed by atoms with van der Waals surface area (Å²) in [6.07, 6.45) is -0.299. The summed E-state index contributed by atoms with van der Waals surface area (Å²) in [5.41, 5.74) is 0.419. The van der Waals surface area contributed by atoms with Gasteiger partial charge in [-0.2, -0.15) is 0 Å². The van der Waals surface area contributed by atoms with E-state index in [2.05, 4.69) is 10.3 Å². The lowest BCUT2D eigenvalue weighted by Gasteiger charge is -2.04. The number of carbonyl (C=O) groups excluding carboxylic acids is 2. The first-order valence-electron chi connectivity index (χ1n) is 7.65. The van der Waals surface area contributed by atoms with Crippen LogP contribution in [0.2, 0.25) is 0 Å². The summed E-state index contributed by atoms with van der Waals surface area (Å²) in [4.78, 5) is 28.0. The van der Waals surface area contributed by atoms with Gasteiger partial charge in [0.15, 0.2) is 15.0 Å². The lowest BCUT2D eigenvalue weighted by molar-refractivity contribution is -0.115. The third kappa shape index (κ3) is 5.09. The summed E-state index contributed by atoms with van der Waals surface area (Å²) in [7, 11) is -3.71. The lowest BCUT2D eigenvalue weighted by Crippen LogP contribution is -2.17. The van der Waals surface area contributed by atoms with Crippen LogP contribution in [-0.2, 0) is 19.4 Å². The minimum absolute atomic E-state index is 0.0543. The van der Waals surface area contributed by atoms with Crippen molar-refractivity contribution >= 4 is 38.2 Å². The number of hydrogen-bond acceptors (Lipinski definition) is 7. The molecule has 140 valence electrons. The highest BCUT2D eigenvalue weighted by atomic mass is 32.2. The molecule has 2 aromatic rings. The normalized spacial score (nSPS) is 11.2. The summed E-state index contributed by atoms with van der Waals surface area (Å²) in [6, 6.07) is 4.39. The zero-order valence-corrected chi connectivity index (χ0v) is 15.7. The van der Waals surface area contributed by atoms with Crippen LogP contribution in [0.1, 0.15) is 28.7 Å². The molecule has 1 aromatic heterocycles. The third-order valence-corrected chi connectivity index (χ3v) is 6.06. The molecule has 7 nitrogen and oxygen atoms in total. The van der Waals surface area contributed by atoms with Crippen molar-refractivity contribution < 1.29 is 27.1 Å². The highest BCUT2D eigenvalue weighted by Gasteiger charge is 2.20. The molecule has 1 amide bonds. The molecule has 0 radical (unpaired) electrons. The summed E-state index contributed by atoms with van der Waals surface area (Å²) in [5.74, 6) is -2.06. The van der Waals surface area contributed by atoms with Crippen LogP contribution in [0.15, 0.2) is 29.2 Å². The highest BCUT2D eigenvalue weighted by Crippen LogP contribution is 2.23. The van der Waals surface area contributed by atoms with E-state index < -0.39 is 33.3 Å². The molecule has 0 bridgehead atoms. The molecule has 0 atom stereocenters. The number of anilines is 1. The van der Waals surface area contributed by atoms with Gasteiger partial charge in [-0.15, -0.1) is 0 Å². The standard InChI is InChI=1S/C16H17FN2O5S2/c1-3-24-15(21)14-10(2)18-16(25-14)19-13(20)8-9-26(22,23)12-6-4-11(17)5-7-12/h4-7H,3,8-9H2,1-2H3,(H,18,19,20). The maximum absolute atomic E-state index is 12.9. The van der Waals surface area contributed by atoms with Crippen molar-refractivity contribution in [3.63, 3.8) is 0 Å². The number of carbonyl (C=O) groups is 2. The Bertz CT molecular complexity index is 907. The lowest BCUT2D eigenvalue weighted by atomic mass is 10.4. The summed E-state index contributed by atoms with van der Waals surface area (Å²) >= 11 is 0.959. The van der Waals surface area contributed by atoms with Gasteiger partial charge in [0.2, 0.25) is 5.91 Å². The van der Waals surface area contributed by atoms with Gasteiger partial charge in [-0.05, 0) is 38.1 Å². The van der Waals surface area contributed by atoms with Crippen LogP contribution < -0.4 is 5.32 Å². The number of benzene rings is 1. The summed E-state index contributed by atoms with van der Waals surface area (Å²) in [6.45, 7) is 3.51. The Morgan fingerprint density at radius 3 is 2.54 bits per heavy atom. The number of amides is 1. The van der Waals surface area contributed by atoms with Crippen LogP contribution in [0, 0.1) is 12.7 Å². The predicted molar refractivity (Wildman–Crippen MR) is 94.5 cm³/mol. The van der Waals surface area contributed by atoms with Crippen molar-refractivity contribution in [2.24, 2.45) is 0 Å². The molecule has 0 spiro atoms. The number of nitrogens with zero attached hydrogens (tertiary/aromatic N) is 1. The number of esters is 1. The van der Waals surface area contributed by atoms with Gasteiger partial charge >= 0.3 is 5.97 Å². The maximum Gasteiger partial charge on any atom is 0.350 e. The van der Waals surface area contributed by atoms with Gasteiger partial charge in [0, 0.05) is 6.42 Å². The first kappa shape index (κ1) is 20.0. The SMILES string of the molecule is CCOC(=O)c1sc(NC(=O)CCS(=O)(=O)c2ccc(F)cc2)nc1C.